The average molecular weight is 510 g/mol. The Morgan fingerprint density at radius 2 is 1.62 bits per heavy atom. The van der Waals surface area contributed by atoms with Gasteiger partial charge in [-0.05, 0) is 51.8 Å². The summed E-state index contributed by atoms with van der Waals surface area (Å²) in [5, 5.41) is 5.52. The quantitative estimate of drug-likeness (QED) is 0.659. The van der Waals surface area contributed by atoms with Crippen molar-refractivity contribution in [3.05, 3.63) is 65.5 Å². The number of ether oxygens (including phenoxy) is 1. The van der Waals surface area contributed by atoms with E-state index in [9.17, 15) is 18.8 Å². The predicted octanol–water partition coefficient (Wildman–Crippen LogP) is 3.66. The number of benzene rings is 2. The summed E-state index contributed by atoms with van der Waals surface area (Å²) < 4.78 is 20.2. The zero-order valence-corrected chi connectivity index (χ0v) is 21.5. The number of likely N-dealkylation sites (tertiary alicyclic amines) is 1. The third-order valence-corrected chi connectivity index (χ3v) is 6.22. The van der Waals surface area contributed by atoms with Gasteiger partial charge in [0.15, 0.2) is 0 Å². The molecule has 0 aromatic heterocycles. The first-order chi connectivity index (χ1) is 17.5. The highest BCUT2D eigenvalue weighted by molar-refractivity contribution is 6.20. The number of hydrogen-bond acceptors (Lipinski definition) is 5. The summed E-state index contributed by atoms with van der Waals surface area (Å²) in [6.45, 7) is 6.32. The van der Waals surface area contributed by atoms with Crippen LogP contribution in [0.5, 0.6) is 0 Å². The summed E-state index contributed by atoms with van der Waals surface area (Å²) in [5.41, 5.74) is 1.09. The third kappa shape index (κ3) is 6.07. The zero-order chi connectivity index (χ0) is 26.7. The molecule has 1 unspecified atom stereocenters. The number of nitrogens with zero attached hydrogens (tertiary/aromatic N) is 3. The van der Waals surface area contributed by atoms with Gasteiger partial charge in [0.25, 0.3) is 5.91 Å². The van der Waals surface area contributed by atoms with E-state index in [4.69, 9.17) is 4.74 Å². The number of fused-ring (bicyclic) bond motifs is 1. The van der Waals surface area contributed by atoms with Crippen LogP contribution in [0.4, 0.5) is 19.7 Å². The number of nitrogens with one attached hydrogen (secondary N) is 2. The number of rotatable bonds is 3. The second-order valence-corrected chi connectivity index (χ2v) is 10.1. The highest BCUT2D eigenvalue weighted by atomic mass is 19.1. The summed E-state index contributed by atoms with van der Waals surface area (Å²) in [4.78, 5) is 46.0. The molecule has 4 amide bonds. The molecule has 1 atom stereocenters. The molecule has 4 rings (SSSR count). The van der Waals surface area contributed by atoms with Gasteiger partial charge in [-0.25, -0.2) is 19.0 Å². The number of piperidine rings is 1. The van der Waals surface area contributed by atoms with E-state index in [1.807, 2.05) is 20.8 Å². The maximum Gasteiger partial charge on any atom is 0.410 e. The first-order valence-corrected chi connectivity index (χ1v) is 12.3. The number of amides is 4. The molecule has 2 heterocycles. The Balaban J connectivity index is 1.48. The average Bonchev–Trinajstić information content (AvgIpc) is 2.94. The van der Waals surface area contributed by atoms with Crippen LogP contribution in [-0.4, -0.2) is 66.6 Å². The number of halogens is 1. The highest BCUT2D eigenvalue weighted by Crippen LogP contribution is 2.28. The van der Waals surface area contributed by atoms with Crippen LogP contribution in [0.25, 0.3) is 0 Å². The first kappa shape index (κ1) is 26.1. The lowest BCUT2D eigenvalue weighted by atomic mass is 10.00. The van der Waals surface area contributed by atoms with E-state index < -0.39 is 29.5 Å². The van der Waals surface area contributed by atoms with E-state index in [1.54, 1.807) is 54.4 Å². The highest BCUT2D eigenvalue weighted by Gasteiger charge is 2.33. The van der Waals surface area contributed by atoms with Gasteiger partial charge in [0.2, 0.25) is 6.17 Å². The monoisotopic (exact) mass is 509 g/mol. The van der Waals surface area contributed by atoms with Crippen LogP contribution in [0.1, 0.15) is 44.7 Å². The molecule has 1 fully saturated rings. The zero-order valence-electron chi connectivity index (χ0n) is 21.5. The maximum atomic E-state index is 14.8. The minimum absolute atomic E-state index is 0.190. The van der Waals surface area contributed by atoms with E-state index in [1.165, 1.54) is 11.0 Å². The Hall–Kier alpha value is -3.95. The summed E-state index contributed by atoms with van der Waals surface area (Å²) in [7, 11) is 1.60. The lowest BCUT2D eigenvalue weighted by Gasteiger charge is -2.33. The van der Waals surface area contributed by atoms with Crippen molar-refractivity contribution in [3.63, 3.8) is 0 Å². The summed E-state index contributed by atoms with van der Waals surface area (Å²) in [5.74, 6) is -0.929. The Labute approximate surface area is 215 Å². The number of benzodiazepines with no additional fused rings is 1. The molecule has 0 radical (unpaired) electrons. The molecule has 2 N–H and O–H groups in total. The van der Waals surface area contributed by atoms with Gasteiger partial charge in [-0.3, -0.25) is 4.79 Å². The van der Waals surface area contributed by atoms with Crippen molar-refractivity contribution in [2.75, 3.05) is 25.0 Å². The smallest absolute Gasteiger partial charge is 0.410 e. The number of anilines is 1. The van der Waals surface area contributed by atoms with Gasteiger partial charge in [-0.2, -0.15) is 0 Å². The standard InChI is InChI=1S/C27H32FN5O4/c1-27(2,3)37-26(36)33-15-13-17(14-16-33)29-25(35)31-23-24(34)32(4)21-12-8-6-10-19(21)22(30-23)18-9-5-7-11-20(18)28/h5-12,17,23H,13-16H2,1-4H3,(H2,29,31,35). The number of urea groups is 1. The van der Waals surface area contributed by atoms with E-state index in [0.29, 0.717) is 37.2 Å². The van der Waals surface area contributed by atoms with E-state index in [2.05, 4.69) is 15.6 Å². The minimum atomic E-state index is -1.26. The predicted molar refractivity (Wildman–Crippen MR) is 138 cm³/mol. The molecule has 2 aromatic rings. The molecular formula is C27H32FN5O4. The number of aliphatic imine (C=N–C) groups is 1. The van der Waals surface area contributed by atoms with Crippen LogP contribution in [0, 0.1) is 5.82 Å². The van der Waals surface area contributed by atoms with Crippen LogP contribution in [0.3, 0.4) is 0 Å². The molecule has 2 aromatic carbocycles. The Morgan fingerprint density at radius 1 is 1.00 bits per heavy atom. The van der Waals surface area contributed by atoms with Crippen molar-refractivity contribution < 1.29 is 23.5 Å². The van der Waals surface area contributed by atoms with Gasteiger partial charge in [-0.1, -0.05) is 30.3 Å². The van der Waals surface area contributed by atoms with Crippen LogP contribution in [0.2, 0.25) is 0 Å². The van der Waals surface area contributed by atoms with Gasteiger partial charge >= 0.3 is 12.1 Å². The molecule has 0 aliphatic carbocycles. The van der Waals surface area contributed by atoms with Crippen LogP contribution < -0.4 is 15.5 Å². The fourth-order valence-electron chi connectivity index (χ4n) is 4.37. The Morgan fingerprint density at radius 3 is 2.27 bits per heavy atom. The van der Waals surface area contributed by atoms with Crippen LogP contribution >= 0.6 is 0 Å². The molecule has 1 saturated heterocycles. The number of likely N-dealkylation sites (N-methyl/N-ethyl adjacent to an activating group) is 1. The van der Waals surface area contributed by atoms with E-state index >= 15 is 0 Å². The minimum Gasteiger partial charge on any atom is -0.444 e. The number of carbonyl (C=O) groups excluding carboxylic acids is 3. The summed E-state index contributed by atoms with van der Waals surface area (Å²) >= 11 is 0. The first-order valence-electron chi connectivity index (χ1n) is 12.3. The largest absolute Gasteiger partial charge is 0.444 e. The SMILES string of the molecule is CN1C(=O)C(NC(=O)NC2CCN(C(=O)OC(C)(C)C)CC2)N=C(c2ccccc2F)c2ccccc21. The second-order valence-electron chi connectivity index (χ2n) is 10.1. The molecule has 2 aliphatic rings. The second kappa shape index (κ2) is 10.6. The van der Waals surface area contributed by atoms with Crippen molar-refractivity contribution >= 4 is 29.4 Å². The third-order valence-electron chi connectivity index (χ3n) is 6.22. The molecule has 196 valence electrons. The van der Waals surface area contributed by atoms with E-state index in [-0.39, 0.29) is 23.4 Å². The molecule has 0 spiro atoms. The van der Waals surface area contributed by atoms with Crippen molar-refractivity contribution in [3.8, 4) is 0 Å². The summed E-state index contributed by atoms with van der Waals surface area (Å²) in [6.07, 6.45) is -0.549. The van der Waals surface area contributed by atoms with Gasteiger partial charge in [-0.15, -0.1) is 0 Å². The lowest BCUT2D eigenvalue weighted by Crippen LogP contribution is -2.53. The molecule has 10 heteroatoms. The number of hydrogen-bond donors (Lipinski definition) is 2. The van der Waals surface area contributed by atoms with Crippen LogP contribution in [0.15, 0.2) is 53.5 Å². The molecule has 9 nitrogen and oxygen atoms in total. The van der Waals surface area contributed by atoms with Crippen LogP contribution in [-0.2, 0) is 9.53 Å². The van der Waals surface area contributed by atoms with Gasteiger partial charge < -0.3 is 25.2 Å². The molecule has 0 saturated carbocycles. The topological polar surface area (TPSA) is 103 Å². The van der Waals surface area contributed by atoms with Gasteiger partial charge in [0.1, 0.15) is 11.4 Å². The van der Waals surface area contributed by atoms with E-state index in [0.717, 1.165) is 0 Å². The Bertz CT molecular complexity index is 1220. The number of para-hydroxylation sites is 1. The normalized spacial score (nSPS) is 18.5. The number of carbonyl (C=O) groups is 3. The fraction of sp³-hybridized carbons (Fsp3) is 0.407. The van der Waals surface area contributed by atoms with Crippen molar-refractivity contribution in [1.29, 1.82) is 0 Å². The van der Waals surface area contributed by atoms with Crippen molar-refractivity contribution in [2.24, 2.45) is 4.99 Å². The molecule has 0 bridgehead atoms. The Kier molecular flexibility index (Phi) is 7.47. The van der Waals surface area contributed by atoms with Gasteiger partial charge in [0, 0.05) is 37.3 Å². The molecule has 37 heavy (non-hydrogen) atoms. The molecule has 2 aliphatic heterocycles. The van der Waals surface area contributed by atoms with Crippen molar-refractivity contribution in [2.45, 2.75) is 51.4 Å². The van der Waals surface area contributed by atoms with Crippen molar-refractivity contribution in [1.82, 2.24) is 15.5 Å². The fourth-order valence-corrected chi connectivity index (χ4v) is 4.37. The lowest BCUT2D eigenvalue weighted by molar-refractivity contribution is -0.119. The maximum absolute atomic E-state index is 14.8. The summed E-state index contributed by atoms with van der Waals surface area (Å²) in [6, 6.07) is 12.5. The molecular weight excluding hydrogens is 477 g/mol. The van der Waals surface area contributed by atoms with Gasteiger partial charge in [0.05, 0.1) is 11.4 Å².